The number of carbonyl (C=O) groups is 1. The number of fused-ring (bicyclic) bond motifs is 3. The molecule has 0 aliphatic carbocycles. The first-order valence-corrected chi connectivity index (χ1v) is 12.1. The Morgan fingerprint density at radius 1 is 1.00 bits per heavy atom. The summed E-state index contributed by atoms with van der Waals surface area (Å²) in [7, 11) is 0. The number of aromatic nitrogens is 2. The molecule has 0 aliphatic heterocycles. The number of anilines is 1. The van der Waals surface area contributed by atoms with E-state index in [0.717, 1.165) is 45.9 Å². The van der Waals surface area contributed by atoms with E-state index in [1.165, 1.54) is 10.8 Å². The number of rotatable bonds is 9. The van der Waals surface area contributed by atoms with Crippen LogP contribution >= 0.6 is 0 Å². The Kier molecular flexibility index (Phi) is 6.80. The van der Waals surface area contributed by atoms with Gasteiger partial charge < -0.3 is 14.5 Å². The fraction of sp³-hybridized carbons (Fsp3) is 0.207. The lowest BCUT2D eigenvalue weighted by molar-refractivity contribution is -0.144. The summed E-state index contributed by atoms with van der Waals surface area (Å²) in [5.41, 5.74) is 3.38. The standard InChI is InChI=1S/C29H27N3O4/c1-2-3-15-35-27(33)19-32-28(21-9-5-4-6-10-21)31-18-24(29(32)34)30-17-20-13-14-26-23(16-20)22-11-7-8-12-25(22)36-26/h4-14,16,18,30H,2-3,15,17,19H2,1H3. The van der Waals surface area contributed by atoms with Gasteiger partial charge in [0.2, 0.25) is 0 Å². The number of carbonyl (C=O) groups excluding carboxylic acids is 1. The number of nitrogens with one attached hydrogen (secondary N) is 1. The molecule has 0 aliphatic rings. The number of ether oxygens (including phenoxy) is 1. The van der Waals surface area contributed by atoms with Crippen LogP contribution in [-0.2, 0) is 22.6 Å². The van der Waals surface area contributed by atoms with E-state index in [9.17, 15) is 9.59 Å². The molecule has 3 aromatic carbocycles. The first-order chi connectivity index (χ1) is 17.6. The van der Waals surface area contributed by atoms with E-state index in [1.807, 2.05) is 73.7 Å². The minimum absolute atomic E-state index is 0.206. The number of para-hydroxylation sites is 1. The van der Waals surface area contributed by atoms with Crippen molar-refractivity contribution in [2.24, 2.45) is 0 Å². The zero-order valence-electron chi connectivity index (χ0n) is 20.1. The molecule has 0 radical (unpaired) electrons. The number of benzene rings is 3. The molecule has 182 valence electrons. The largest absolute Gasteiger partial charge is 0.464 e. The molecule has 0 fully saturated rings. The highest BCUT2D eigenvalue weighted by atomic mass is 16.5. The second-order valence-corrected chi connectivity index (χ2v) is 8.61. The van der Waals surface area contributed by atoms with Gasteiger partial charge in [-0.3, -0.25) is 14.2 Å². The second-order valence-electron chi connectivity index (χ2n) is 8.61. The predicted octanol–water partition coefficient (Wildman–Crippen LogP) is 5.77. The molecule has 2 aromatic heterocycles. The third-order valence-corrected chi connectivity index (χ3v) is 6.05. The maximum Gasteiger partial charge on any atom is 0.326 e. The number of nitrogens with zero attached hydrogens (tertiary/aromatic N) is 2. The Morgan fingerprint density at radius 2 is 1.78 bits per heavy atom. The van der Waals surface area contributed by atoms with Crippen LogP contribution in [0.3, 0.4) is 0 Å². The number of hydrogen-bond donors (Lipinski definition) is 1. The summed E-state index contributed by atoms with van der Waals surface area (Å²) in [6.07, 6.45) is 3.22. The maximum absolute atomic E-state index is 13.4. The second kappa shape index (κ2) is 10.5. The van der Waals surface area contributed by atoms with Crippen LogP contribution in [0.4, 0.5) is 5.69 Å². The first kappa shape index (κ1) is 23.4. The Bertz CT molecular complexity index is 1570. The predicted molar refractivity (Wildman–Crippen MR) is 141 cm³/mol. The molecular weight excluding hydrogens is 454 g/mol. The maximum atomic E-state index is 13.4. The van der Waals surface area contributed by atoms with Gasteiger partial charge in [-0.1, -0.05) is 67.9 Å². The van der Waals surface area contributed by atoms with Crippen molar-refractivity contribution in [1.29, 1.82) is 0 Å². The summed E-state index contributed by atoms with van der Waals surface area (Å²) in [5, 5.41) is 5.27. The van der Waals surface area contributed by atoms with Gasteiger partial charge >= 0.3 is 5.97 Å². The van der Waals surface area contributed by atoms with Gasteiger partial charge in [0, 0.05) is 22.9 Å². The van der Waals surface area contributed by atoms with E-state index >= 15 is 0 Å². The SMILES string of the molecule is CCCCOC(=O)Cn1c(-c2ccccc2)ncc(NCc2ccc3oc4ccccc4c3c2)c1=O. The third-order valence-electron chi connectivity index (χ3n) is 6.05. The van der Waals surface area contributed by atoms with Crippen LogP contribution in [-0.4, -0.2) is 22.1 Å². The van der Waals surface area contributed by atoms with Crippen LogP contribution in [0.15, 0.2) is 88.2 Å². The Balaban J connectivity index is 1.42. The van der Waals surface area contributed by atoms with Gasteiger partial charge in [0.25, 0.3) is 5.56 Å². The van der Waals surface area contributed by atoms with Gasteiger partial charge in [0.15, 0.2) is 0 Å². The number of esters is 1. The smallest absolute Gasteiger partial charge is 0.326 e. The summed E-state index contributed by atoms with van der Waals surface area (Å²) < 4.78 is 12.6. The number of unbranched alkanes of at least 4 members (excludes halogenated alkanes) is 1. The first-order valence-electron chi connectivity index (χ1n) is 12.1. The molecule has 5 aromatic rings. The number of furan rings is 1. The van der Waals surface area contributed by atoms with Crippen LogP contribution < -0.4 is 10.9 Å². The van der Waals surface area contributed by atoms with Crippen molar-refractivity contribution in [3.05, 3.63) is 94.9 Å². The summed E-state index contributed by atoms with van der Waals surface area (Å²) in [6, 6.07) is 23.2. The van der Waals surface area contributed by atoms with Gasteiger partial charge in [-0.05, 0) is 30.2 Å². The van der Waals surface area contributed by atoms with Gasteiger partial charge in [-0.2, -0.15) is 0 Å². The molecule has 0 atom stereocenters. The van der Waals surface area contributed by atoms with Crippen molar-refractivity contribution in [1.82, 2.24) is 9.55 Å². The summed E-state index contributed by atoms with van der Waals surface area (Å²) in [6.45, 7) is 2.57. The molecule has 2 heterocycles. The zero-order chi connectivity index (χ0) is 24.9. The minimum Gasteiger partial charge on any atom is -0.464 e. The van der Waals surface area contributed by atoms with E-state index in [1.54, 1.807) is 0 Å². The van der Waals surface area contributed by atoms with E-state index in [-0.39, 0.29) is 12.1 Å². The molecule has 1 N–H and O–H groups in total. The average molecular weight is 482 g/mol. The average Bonchev–Trinajstić information content (AvgIpc) is 3.28. The van der Waals surface area contributed by atoms with Crippen molar-refractivity contribution in [2.75, 3.05) is 11.9 Å². The highest BCUT2D eigenvalue weighted by Crippen LogP contribution is 2.29. The summed E-state index contributed by atoms with van der Waals surface area (Å²) in [4.78, 5) is 30.4. The summed E-state index contributed by atoms with van der Waals surface area (Å²) >= 11 is 0. The number of hydrogen-bond acceptors (Lipinski definition) is 6. The molecule has 0 spiro atoms. The molecule has 0 saturated carbocycles. The topological polar surface area (TPSA) is 86.4 Å². The molecular formula is C29H27N3O4. The Labute approximate surface area is 208 Å². The van der Waals surface area contributed by atoms with Crippen molar-refractivity contribution >= 4 is 33.6 Å². The molecule has 5 rings (SSSR count). The van der Waals surface area contributed by atoms with Crippen molar-refractivity contribution in [2.45, 2.75) is 32.9 Å². The van der Waals surface area contributed by atoms with Crippen LogP contribution in [0.25, 0.3) is 33.3 Å². The monoisotopic (exact) mass is 481 g/mol. The van der Waals surface area contributed by atoms with Gasteiger partial charge in [-0.15, -0.1) is 0 Å². The Hall–Kier alpha value is -4.39. The van der Waals surface area contributed by atoms with E-state index < -0.39 is 5.97 Å². The van der Waals surface area contributed by atoms with Crippen LogP contribution in [0.5, 0.6) is 0 Å². The molecule has 36 heavy (non-hydrogen) atoms. The normalized spacial score (nSPS) is 11.1. The molecule has 0 saturated heterocycles. The van der Waals surface area contributed by atoms with Crippen LogP contribution in [0.2, 0.25) is 0 Å². The highest BCUT2D eigenvalue weighted by molar-refractivity contribution is 6.05. The molecule has 0 amide bonds. The van der Waals surface area contributed by atoms with Crippen molar-refractivity contribution in [3.63, 3.8) is 0 Å². The zero-order valence-corrected chi connectivity index (χ0v) is 20.1. The van der Waals surface area contributed by atoms with Crippen molar-refractivity contribution in [3.8, 4) is 11.4 Å². The van der Waals surface area contributed by atoms with Gasteiger partial charge in [-0.25, -0.2) is 4.98 Å². The quantitative estimate of drug-likeness (QED) is 0.213. The lowest BCUT2D eigenvalue weighted by atomic mass is 10.1. The molecule has 0 bridgehead atoms. The minimum atomic E-state index is -0.459. The molecule has 7 nitrogen and oxygen atoms in total. The highest BCUT2D eigenvalue weighted by Gasteiger charge is 2.16. The summed E-state index contributed by atoms with van der Waals surface area (Å²) in [5.74, 6) is -0.0381. The van der Waals surface area contributed by atoms with E-state index in [2.05, 4.69) is 16.4 Å². The third kappa shape index (κ3) is 4.86. The Morgan fingerprint density at radius 3 is 2.61 bits per heavy atom. The van der Waals surface area contributed by atoms with Crippen LogP contribution in [0.1, 0.15) is 25.3 Å². The van der Waals surface area contributed by atoms with Crippen molar-refractivity contribution < 1.29 is 13.9 Å². The lowest BCUT2D eigenvalue weighted by Crippen LogP contribution is -2.29. The van der Waals surface area contributed by atoms with Crippen LogP contribution in [0, 0.1) is 0 Å². The fourth-order valence-corrected chi connectivity index (χ4v) is 4.16. The molecule has 0 unspecified atom stereocenters. The van der Waals surface area contributed by atoms with E-state index in [0.29, 0.717) is 24.7 Å². The molecule has 7 heteroatoms. The van der Waals surface area contributed by atoms with Gasteiger partial charge in [0.1, 0.15) is 29.2 Å². The van der Waals surface area contributed by atoms with Gasteiger partial charge in [0.05, 0.1) is 12.8 Å². The lowest BCUT2D eigenvalue weighted by Gasteiger charge is -2.14. The fourth-order valence-electron chi connectivity index (χ4n) is 4.16. The van der Waals surface area contributed by atoms with E-state index in [4.69, 9.17) is 9.15 Å².